The maximum absolute atomic E-state index is 12.3. The van der Waals surface area contributed by atoms with Gasteiger partial charge in [0.2, 0.25) is 11.8 Å². The first kappa shape index (κ1) is 17.1. The van der Waals surface area contributed by atoms with Gasteiger partial charge < -0.3 is 10.6 Å². The van der Waals surface area contributed by atoms with Crippen LogP contribution in [0.1, 0.15) is 6.42 Å². The van der Waals surface area contributed by atoms with Crippen LogP contribution in [-0.4, -0.2) is 11.8 Å². The Labute approximate surface area is 154 Å². The molecule has 2 unspecified atom stereocenters. The van der Waals surface area contributed by atoms with Gasteiger partial charge in [0.05, 0.1) is 38.3 Å². The maximum atomic E-state index is 12.3. The van der Waals surface area contributed by atoms with E-state index in [1.165, 1.54) is 0 Å². The highest BCUT2D eigenvalue weighted by atomic mass is 35.5. The molecule has 0 aromatic heterocycles. The molecule has 0 radical (unpaired) electrons. The molecule has 0 bridgehead atoms. The minimum Gasteiger partial charge on any atom is -0.325 e. The average Bonchev–Trinajstić information content (AvgIpc) is 3.35. The number of hydrogen-bond acceptors (Lipinski definition) is 2. The first-order chi connectivity index (χ1) is 11.5. The van der Waals surface area contributed by atoms with Crippen molar-refractivity contribution in [1.82, 2.24) is 0 Å². The van der Waals surface area contributed by atoms with Crippen LogP contribution in [0.15, 0.2) is 42.5 Å². The van der Waals surface area contributed by atoms with E-state index in [-0.39, 0.29) is 28.7 Å². The summed E-state index contributed by atoms with van der Waals surface area (Å²) >= 11 is 18.0. The second-order valence-corrected chi connectivity index (χ2v) is 6.70. The highest BCUT2D eigenvalue weighted by Gasteiger charge is 2.48. The summed E-state index contributed by atoms with van der Waals surface area (Å²) in [5.74, 6) is -1.24. The third-order valence-corrected chi connectivity index (χ3v) is 4.95. The van der Waals surface area contributed by atoms with Crippen molar-refractivity contribution < 1.29 is 9.59 Å². The number of benzene rings is 2. The molecule has 0 spiro atoms. The molecule has 2 amide bonds. The first-order valence-corrected chi connectivity index (χ1v) is 8.41. The average molecular weight is 384 g/mol. The molecule has 124 valence electrons. The van der Waals surface area contributed by atoms with E-state index in [0.717, 1.165) is 0 Å². The molecule has 2 atom stereocenters. The van der Waals surface area contributed by atoms with E-state index in [1.807, 2.05) is 0 Å². The van der Waals surface area contributed by atoms with Gasteiger partial charge in [0, 0.05) is 0 Å². The molecule has 1 fully saturated rings. The highest BCUT2D eigenvalue weighted by Crippen LogP contribution is 2.41. The number of para-hydroxylation sites is 1. The van der Waals surface area contributed by atoms with Crippen LogP contribution in [0, 0.1) is 11.8 Å². The Hall–Kier alpha value is -1.75. The maximum Gasteiger partial charge on any atom is 0.228 e. The van der Waals surface area contributed by atoms with E-state index in [0.29, 0.717) is 27.8 Å². The van der Waals surface area contributed by atoms with Crippen LogP contribution < -0.4 is 10.6 Å². The van der Waals surface area contributed by atoms with E-state index in [4.69, 9.17) is 34.8 Å². The molecule has 7 heteroatoms. The Bertz CT molecular complexity index is 810. The van der Waals surface area contributed by atoms with Crippen molar-refractivity contribution in [2.45, 2.75) is 6.42 Å². The van der Waals surface area contributed by atoms with Crippen LogP contribution in [-0.2, 0) is 9.59 Å². The fourth-order valence-corrected chi connectivity index (χ4v) is 2.92. The summed E-state index contributed by atoms with van der Waals surface area (Å²) in [5, 5.41) is 6.55. The van der Waals surface area contributed by atoms with Crippen molar-refractivity contribution in [3.63, 3.8) is 0 Å². The number of carbonyl (C=O) groups excluding carboxylic acids is 2. The Kier molecular flexibility index (Phi) is 4.99. The van der Waals surface area contributed by atoms with Gasteiger partial charge in [-0.25, -0.2) is 0 Å². The third-order valence-electron chi connectivity index (χ3n) is 3.81. The van der Waals surface area contributed by atoms with E-state index < -0.39 is 0 Å². The standard InChI is InChI=1S/C17H13Cl3N2O2/c18-11-4-1-2-6-13(11)21-16(23)9-8-10(9)17(24)22-14-7-3-5-12(19)15(14)20/h1-7,9-10H,8H2,(H,21,23)(H,22,24). The number of carbonyl (C=O) groups is 2. The Balaban J connectivity index is 1.60. The second kappa shape index (κ2) is 7.01. The number of amides is 2. The summed E-state index contributed by atoms with van der Waals surface area (Å²) in [7, 11) is 0. The van der Waals surface area contributed by atoms with E-state index in [9.17, 15) is 9.59 Å². The lowest BCUT2D eigenvalue weighted by Crippen LogP contribution is -2.20. The predicted octanol–water partition coefficient (Wildman–Crippen LogP) is 4.86. The van der Waals surface area contributed by atoms with E-state index in [1.54, 1.807) is 42.5 Å². The minimum atomic E-state index is -0.387. The molecule has 1 saturated carbocycles. The lowest BCUT2D eigenvalue weighted by molar-refractivity contribution is -0.122. The van der Waals surface area contributed by atoms with Gasteiger partial charge in [-0.15, -0.1) is 0 Å². The molecule has 1 aliphatic carbocycles. The van der Waals surface area contributed by atoms with Crippen molar-refractivity contribution in [3.8, 4) is 0 Å². The second-order valence-electron chi connectivity index (χ2n) is 5.51. The molecule has 3 rings (SSSR count). The zero-order valence-corrected chi connectivity index (χ0v) is 14.6. The number of rotatable bonds is 4. The first-order valence-electron chi connectivity index (χ1n) is 7.27. The highest BCUT2D eigenvalue weighted by molar-refractivity contribution is 6.44. The van der Waals surface area contributed by atoms with Crippen LogP contribution in [0.25, 0.3) is 0 Å². The molecule has 0 heterocycles. The molecule has 2 N–H and O–H groups in total. The molecule has 4 nitrogen and oxygen atoms in total. The normalized spacial score (nSPS) is 18.8. The number of halogens is 3. The smallest absolute Gasteiger partial charge is 0.228 e. The molecule has 1 aliphatic rings. The van der Waals surface area contributed by atoms with E-state index in [2.05, 4.69) is 10.6 Å². The van der Waals surface area contributed by atoms with Crippen molar-refractivity contribution in [2.75, 3.05) is 10.6 Å². The van der Waals surface area contributed by atoms with Crippen LogP contribution in [0.2, 0.25) is 15.1 Å². The molecule has 0 aliphatic heterocycles. The Morgan fingerprint density at radius 2 is 1.33 bits per heavy atom. The lowest BCUT2D eigenvalue weighted by atomic mass is 10.2. The zero-order valence-electron chi connectivity index (χ0n) is 12.4. The quantitative estimate of drug-likeness (QED) is 0.792. The zero-order chi connectivity index (χ0) is 17.3. The van der Waals surface area contributed by atoms with Gasteiger partial charge in [-0.1, -0.05) is 53.0 Å². The van der Waals surface area contributed by atoms with Gasteiger partial charge in [-0.05, 0) is 30.7 Å². The molecule has 24 heavy (non-hydrogen) atoms. The van der Waals surface area contributed by atoms with Crippen molar-refractivity contribution in [2.24, 2.45) is 11.8 Å². The molecular weight excluding hydrogens is 371 g/mol. The van der Waals surface area contributed by atoms with Crippen LogP contribution in [0.3, 0.4) is 0 Å². The van der Waals surface area contributed by atoms with E-state index >= 15 is 0 Å². The van der Waals surface area contributed by atoms with Gasteiger partial charge in [0.15, 0.2) is 0 Å². The Morgan fingerprint density at radius 3 is 2.00 bits per heavy atom. The monoisotopic (exact) mass is 382 g/mol. The minimum absolute atomic E-state index is 0.222. The molecule has 2 aromatic carbocycles. The summed E-state index contributed by atoms with van der Waals surface area (Å²) in [4.78, 5) is 24.5. The SMILES string of the molecule is O=C(Nc1ccccc1Cl)C1CC1C(=O)Nc1cccc(Cl)c1Cl. The van der Waals surface area contributed by atoms with Crippen LogP contribution >= 0.6 is 34.8 Å². The number of anilines is 2. The van der Waals surface area contributed by atoms with Gasteiger partial charge in [0.1, 0.15) is 0 Å². The Morgan fingerprint density at radius 1 is 0.792 bits per heavy atom. The van der Waals surface area contributed by atoms with Gasteiger partial charge in [-0.2, -0.15) is 0 Å². The fourth-order valence-electron chi connectivity index (χ4n) is 2.39. The predicted molar refractivity (Wildman–Crippen MR) is 96.8 cm³/mol. The van der Waals surface area contributed by atoms with Gasteiger partial charge in [0.25, 0.3) is 0 Å². The third kappa shape index (κ3) is 3.66. The van der Waals surface area contributed by atoms with Crippen molar-refractivity contribution in [3.05, 3.63) is 57.5 Å². The van der Waals surface area contributed by atoms with Crippen LogP contribution in [0.5, 0.6) is 0 Å². The van der Waals surface area contributed by atoms with Crippen LogP contribution in [0.4, 0.5) is 11.4 Å². The lowest BCUT2D eigenvalue weighted by Gasteiger charge is -2.09. The largest absolute Gasteiger partial charge is 0.325 e. The van der Waals surface area contributed by atoms with Gasteiger partial charge >= 0.3 is 0 Å². The molecule has 0 saturated heterocycles. The summed E-state index contributed by atoms with van der Waals surface area (Å²) in [6.45, 7) is 0. The van der Waals surface area contributed by atoms with Crippen molar-refractivity contribution >= 4 is 58.0 Å². The summed E-state index contributed by atoms with van der Waals surface area (Å²) in [5.41, 5.74) is 0.972. The topological polar surface area (TPSA) is 58.2 Å². The summed E-state index contributed by atoms with van der Waals surface area (Å²) < 4.78 is 0. The van der Waals surface area contributed by atoms with Gasteiger partial charge in [-0.3, -0.25) is 9.59 Å². The number of nitrogens with one attached hydrogen (secondary N) is 2. The summed E-state index contributed by atoms with van der Waals surface area (Å²) in [6, 6.07) is 11.9. The number of hydrogen-bond donors (Lipinski definition) is 2. The summed E-state index contributed by atoms with van der Waals surface area (Å²) in [6.07, 6.45) is 0.486. The molecule has 2 aromatic rings. The fraction of sp³-hybridized carbons (Fsp3) is 0.176. The molecular formula is C17H13Cl3N2O2. The van der Waals surface area contributed by atoms with Crippen molar-refractivity contribution in [1.29, 1.82) is 0 Å².